The van der Waals surface area contributed by atoms with Crippen molar-refractivity contribution in [2.24, 2.45) is 11.8 Å². The number of carbonyl (C=O) groups is 1. The lowest BCUT2D eigenvalue weighted by Crippen LogP contribution is -2.38. The molecule has 3 aliphatic rings. The van der Waals surface area contributed by atoms with Gasteiger partial charge in [-0.15, -0.1) is 0 Å². The van der Waals surface area contributed by atoms with E-state index in [1.165, 1.54) is 0 Å². The molecule has 75 valence electrons. The highest BCUT2D eigenvalue weighted by atomic mass is 28.1. The zero-order valence-electron chi connectivity index (χ0n) is 7.64. The molecule has 2 bridgehead atoms. The number of cyclic esters (lactones) is 1. The van der Waals surface area contributed by atoms with Crippen molar-refractivity contribution >= 4 is 16.2 Å². The van der Waals surface area contributed by atoms with Crippen LogP contribution in [0.4, 0.5) is 0 Å². The van der Waals surface area contributed by atoms with E-state index in [1.54, 1.807) is 0 Å². The predicted octanol–water partition coefficient (Wildman–Crippen LogP) is -0.542. The van der Waals surface area contributed by atoms with Crippen LogP contribution in [0, 0.1) is 11.8 Å². The van der Waals surface area contributed by atoms with Gasteiger partial charge in [0.05, 0.1) is 41.1 Å². The molecule has 0 aromatic heterocycles. The number of hydrogen-bond acceptors (Lipinski definition) is 4. The van der Waals surface area contributed by atoms with Crippen LogP contribution < -0.4 is 0 Å². The van der Waals surface area contributed by atoms with Crippen molar-refractivity contribution in [3.05, 3.63) is 0 Å². The third-order valence-electron chi connectivity index (χ3n) is 3.43. The SMILES string of the molecule is O=C1OCC2C3OC(CC3OC[Si])C12. The molecular weight excluding hydrogens is 200 g/mol. The molecule has 3 saturated heterocycles. The summed E-state index contributed by atoms with van der Waals surface area (Å²) in [5.74, 6) is 0.123. The number of ether oxygens (including phenoxy) is 3. The fourth-order valence-electron chi connectivity index (χ4n) is 2.87. The molecule has 0 aromatic carbocycles. The third-order valence-corrected chi connectivity index (χ3v) is 3.60. The second-order valence-electron chi connectivity index (χ2n) is 4.04. The van der Waals surface area contributed by atoms with Crippen molar-refractivity contribution < 1.29 is 19.0 Å². The van der Waals surface area contributed by atoms with E-state index in [0.29, 0.717) is 12.8 Å². The highest BCUT2D eigenvalue weighted by molar-refractivity contribution is 6.08. The molecule has 3 rings (SSSR count). The molecule has 0 aromatic rings. The Kier molecular flexibility index (Phi) is 1.93. The van der Waals surface area contributed by atoms with Gasteiger partial charge in [-0.2, -0.15) is 0 Å². The van der Waals surface area contributed by atoms with Crippen molar-refractivity contribution in [3.63, 3.8) is 0 Å². The highest BCUT2D eigenvalue weighted by Crippen LogP contribution is 2.47. The maximum Gasteiger partial charge on any atom is 0.312 e. The standard InChI is InChI=1S/C9H11O4Si/c10-9-7-4(2-11-9)8-6(12-3-14)1-5(7)13-8/h4-8H,1-3H2. The van der Waals surface area contributed by atoms with Gasteiger partial charge in [0.25, 0.3) is 0 Å². The Morgan fingerprint density at radius 1 is 1.57 bits per heavy atom. The first-order chi connectivity index (χ1) is 6.81. The summed E-state index contributed by atoms with van der Waals surface area (Å²) in [6, 6.07) is 0. The van der Waals surface area contributed by atoms with Crippen LogP contribution in [0.5, 0.6) is 0 Å². The van der Waals surface area contributed by atoms with Crippen LogP contribution in [-0.4, -0.2) is 47.4 Å². The van der Waals surface area contributed by atoms with Crippen molar-refractivity contribution in [2.75, 3.05) is 12.8 Å². The second kappa shape index (κ2) is 3.05. The first-order valence-corrected chi connectivity index (χ1v) is 5.60. The Labute approximate surface area is 85.3 Å². The molecule has 0 amide bonds. The lowest BCUT2D eigenvalue weighted by atomic mass is 9.80. The van der Waals surface area contributed by atoms with Crippen LogP contribution in [-0.2, 0) is 19.0 Å². The Bertz CT molecular complexity index is 270. The second-order valence-corrected chi connectivity index (χ2v) is 4.33. The lowest BCUT2D eigenvalue weighted by molar-refractivity contribution is -0.143. The molecule has 3 radical (unpaired) electrons. The van der Waals surface area contributed by atoms with Gasteiger partial charge >= 0.3 is 5.97 Å². The number of esters is 1. The van der Waals surface area contributed by atoms with Crippen LogP contribution in [0.3, 0.4) is 0 Å². The molecule has 3 heterocycles. The molecule has 5 unspecified atom stereocenters. The molecule has 0 spiro atoms. The van der Waals surface area contributed by atoms with Gasteiger partial charge < -0.3 is 14.2 Å². The zero-order chi connectivity index (χ0) is 9.71. The maximum absolute atomic E-state index is 11.4. The molecular formula is C9H11O4Si. The fourth-order valence-corrected chi connectivity index (χ4v) is 3.08. The van der Waals surface area contributed by atoms with E-state index in [0.717, 1.165) is 6.42 Å². The first-order valence-electron chi connectivity index (χ1n) is 4.89. The van der Waals surface area contributed by atoms with Crippen LogP contribution in [0.25, 0.3) is 0 Å². The summed E-state index contributed by atoms with van der Waals surface area (Å²) in [5, 5.41) is 0. The van der Waals surface area contributed by atoms with Gasteiger partial charge in [-0.05, 0) is 0 Å². The Balaban J connectivity index is 1.79. The van der Waals surface area contributed by atoms with Crippen LogP contribution >= 0.6 is 0 Å². The number of fused-ring (bicyclic) bond motifs is 5. The summed E-state index contributed by atoms with van der Waals surface area (Å²) in [6.45, 7) is 0.506. The normalized spacial score (nSPS) is 49.5. The quantitative estimate of drug-likeness (QED) is 0.454. The van der Waals surface area contributed by atoms with Gasteiger partial charge in [0, 0.05) is 18.6 Å². The van der Waals surface area contributed by atoms with Gasteiger partial charge in [0.15, 0.2) is 0 Å². The van der Waals surface area contributed by atoms with Crippen LogP contribution in [0.1, 0.15) is 6.42 Å². The fraction of sp³-hybridized carbons (Fsp3) is 0.889. The van der Waals surface area contributed by atoms with E-state index < -0.39 is 0 Å². The summed E-state index contributed by atoms with van der Waals surface area (Å²) >= 11 is 0. The minimum atomic E-state index is -0.0840. The number of carbonyl (C=O) groups excluding carboxylic acids is 1. The van der Waals surface area contributed by atoms with Crippen molar-refractivity contribution in [3.8, 4) is 0 Å². The van der Waals surface area contributed by atoms with Crippen LogP contribution in [0.15, 0.2) is 0 Å². The number of rotatable bonds is 2. The van der Waals surface area contributed by atoms with Crippen molar-refractivity contribution in [1.82, 2.24) is 0 Å². The van der Waals surface area contributed by atoms with E-state index in [-0.39, 0.29) is 36.1 Å². The van der Waals surface area contributed by atoms with E-state index >= 15 is 0 Å². The molecule has 5 atom stereocenters. The van der Waals surface area contributed by atoms with E-state index in [9.17, 15) is 4.79 Å². The van der Waals surface area contributed by atoms with E-state index in [2.05, 4.69) is 10.2 Å². The molecule has 0 aliphatic carbocycles. The maximum atomic E-state index is 11.4. The lowest BCUT2D eigenvalue weighted by Gasteiger charge is -2.24. The van der Waals surface area contributed by atoms with Crippen molar-refractivity contribution in [2.45, 2.75) is 24.7 Å². The van der Waals surface area contributed by atoms with Gasteiger partial charge in [-0.1, -0.05) is 0 Å². The van der Waals surface area contributed by atoms with E-state index in [1.807, 2.05) is 0 Å². The van der Waals surface area contributed by atoms with Gasteiger partial charge in [0.1, 0.15) is 0 Å². The summed E-state index contributed by atoms with van der Waals surface area (Å²) < 4.78 is 16.3. The zero-order valence-corrected chi connectivity index (χ0v) is 8.64. The molecule has 0 N–H and O–H groups in total. The highest BCUT2D eigenvalue weighted by Gasteiger charge is 2.60. The average Bonchev–Trinajstić information content (AvgIpc) is 2.78. The molecule has 5 heteroatoms. The van der Waals surface area contributed by atoms with Crippen molar-refractivity contribution in [1.29, 1.82) is 0 Å². The minimum absolute atomic E-state index is 0.0189. The third kappa shape index (κ3) is 1.03. The Morgan fingerprint density at radius 2 is 2.43 bits per heavy atom. The Hall–Kier alpha value is -0.393. The average molecular weight is 211 g/mol. The van der Waals surface area contributed by atoms with Crippen LogP contribution in [0.2, 0.25) is 0 Å². The summed E-state index contributed by atoms with van der Waals surface area (Å²) in [5.41, 5.74) is 0. The van der Waals surface area contributed by atoms with Gasteiger partial charge in [-0.3, -0.25) is 4.79 Å². The monoisotopic (exact) mass is 211 g/mol. The molecule has 3 fully saturated rings. The summed E-state index contributed by atoms with van der Waals surface area (Å²) in [6.07, 6.45) is 1.57. The molecule has 14 heavy (non-hydrogen) atoms. The van der Waals surface area contributed by atoms with Gasteiger partial charge in [0.2, 0.25) is 0 Å². The summed E-state index contributed by atoms with van der Waals surface area (Å²) in [4.78, 5) is 11.4. The predicted molar refractivity (Wildman–Crippen MR) is 46.7 cm³/mol. The largest absolute Gasteiger partial charge is 0.465 e. The molecule has 0 saturated carbocycles. The topological polar surface area (TPSA) is 44.8 Å². The minimum Gasteiger partial charge on any atom is -0.465 e. The summed E-state index contributed by atoms with van der Waals surface area (Å²) in [7, 11) is 3.29. The molecule has 4 nitrogen and oxygen atoms in total. The Morgan fingerprint density at radius 3 is 3.21 bits per heavy atom. The van der Waals surface area contributed by atoms with Gasteiger partial charge in [-0.25, -0.2) is 0 Å². The van der Waals surface area contributed by atoms with E-state index in [4.69, 9.17) is 14.2 Å². The molecule has 3 aliphatic heterocycles. The first kappa shape index (κ1) is 8.88. The number of hydrogen-bond donors (Lipinski definition) is 0. The smallest absolute Gasteiger partial charge is 0.312 e.